The molecule has 0 fully saturated rings. The van der Waals surface area contributed by atoms with Gasteiger partial charge in [-0.1, -0.05) is 12.1 Å². The first-order valence-electron chi connectivity index (χ1n) is 5.57. The predicted molar refractivity (Wildman–Crippen MR) is 65.0 cm³/mol. The van der Waals surface area contributed by atoms with E-state index >= 15 is 0 Å². The van der Waals surface area contributed by atoms with Crippen LogP contribution in [0.3, 0.4) is 0 Å². The molecule has 1 atom stereocenters. The maximum absolute atomic E-state index is 11.8. The van der Waals surface area contributed by atoms with Gasteiger partial charge in [-0.25, -0.2) is 13.1 Å². The third-order valence-corrected chi connectivity index (χ3v) is 4.12. The molecule has 0 saturated carbocycles. The van der Waals surface area contributed by atoms with Crippen LogP contribution in [-0.4, -0.2) is 31.9 Å². The molecule has 1 rings (SSSR count). The average Bonchev–Trinajstić information content (AvgIpc) is 2.69. The molecule has 0 spiro atoms. The van der Waals surface area contributed by atoms with E-state index in [1.807, 2.05) is 6.92 Å². The van der Waals surface area contributed by atoms with Crippen molar-refractivity contribution in [3.05, 3.63) is 17.5 Å². The van der Waals surface area contributed by atoms with Gasteiger partial charge in [-0.2, -0.15) is 0 Å². The number of hydrogen-bond donors (Lipinski definition) is 2. The van der Waals surface area contributed by atoms with E-state index in [4.69, 9.17) is 4.52 Å². The lowest BCUT2D eigenvalue weighted by atomic mass is 10.4. The smallest absolute Gasteiger partial charge is 0.215 e. The molecule has 6 nitrogen and oxygen atoms in total. The monoisotopic (exact) mass is 261 g/mol. The first-order valence-corrected chi connectivity index (χ1v) is 7.11. The number of nitrogens with one attached hydrogen (secondary N) is 2. The minimum absolute atomic E-state index is 0.163. The quantitative estimate of drug-likeness (QED) is 0.742. The van der Waals surface area contributed by atoms with E-state index < -0.39 is 15.3 Å². The summed E-state index contributed by atoms with van der Waals surface area (Å²) < 4.78 is 31.0. The van der Waals surface area contributed by atoms with Crippen LogP contribution in [0.25, 0.3) is 0 Å². The van der Waals surface area contributed by atoms with Crippen molar-refractivity contribution in [3.8, 4) is 0 Å². The highest BCUT2D eigenvalue weighted by Crippen LogP contribution is 2.03. The molecule has 0 aliphatic heterocycles. The molecular formula is C10H19N3O3S. The van der Waals surface area contributed by atoms with Crippen LogP contribution in [0.4, 0.5) is 0 Å². The van der Waals surface area contributed by atoms with Crippen molar-refractivity contribution in [1.29, 1.82) is 0 Å². The summed E-state index contributed by atoms with van der Waals surface area (Å²) in [4.78, 5) is 0. The lowest BCUT2D eigenvalue weighted by Gasteiger charge is -2.13. The number of aryl methyl sites for hydroxylation is 1. The third kappa shape index (κ3) is 4.45. The molecule has 1 aromatic heterocycles. The van der Waals surface area contributed by atoms with Crippen LogP contribution in [0, 0.1) is 6.92 Å². The highest BCUT2D eigenvalue weighted by Gasteiger charge is 2.20. The predicted octanol–water partition coefficient (Wildman–Crippen LogP) is 0.400. The first kappa shape index (κ1) is 14.1. The normalized spacial score (nSPS) is 13.8. The van der Waals surface area contributed by atoms with Crippen LogP contribution in [0.5, 0.6) is 0 Å². The van der Waals surface area contributed by atoms with Gasteiger partial charge in [-0.05, 0) is 20.4 Å². The second-order valence-electron chi connectivity index (χ2n) is 3.91. The zero-order valence-corrected chi connectivity index (χ0v) is 11.2. The highest BCUT2D eigenvalue weighted by atomic mass is 32.2. The van der Waals surface area contributed by atoms with E-state index in [1.54, 1.807) is 19.9 Å². The Labute approximate surface area is 102 Å². The molecular weight excluding hydrogens is 242 g/mol. The molecule has 0 aromatic carbocycles. The van der Waals surface area contributed by atoms with Crippen LogP contribution in [0.1, 0.15) is 25.3 Å². The van der Waals surface area contributed by atoms with Crippen molar-refractivity contribution >= 4 is 10.0 Å². The fourth-order valence-electron chi connectivity index (χ4n) is 1.28. The van der Waals surface area contributed by atoms with Gasteiger partial charge in [0.25, 0.3) is 0 Å². The van der Waals surface area contributed by atoms with Crippen LogP contribution in [0.15, 0.2) is 10.6 Å². The standard InChI is InChI=1S/C10H19N3O3S/c1-4-11-6-9(3)17(14,15)12-7-10-5-8(2)16-13-10/h5,9,11-12H,4,6-7H2,1-3H3. The van der Waals surface area contributed by atoms with Crippen molar-refractivity contribution in [2.24, 2.45) is 0 Å². The molecule has 0 amide bonds. The van der Waals surface area contributed by atoms with Crippen molar-refractivity contribution in [3.63, 3.8) is 0 Å². The molecule has 0 saturated heterocycles. The second-order valence-corrected chi connectivity index (χ2v) is 6.10. The van der Waals surface area contributed by atoms with Gasteiger partial charge >= 0.3 is 0 Å². The highest BCUT2D eigenvalue weighted by molar-refractivity contribution is 7.90. The maximum Gasteiger partial charge on any atom is 0.215 e. The number of rotatable bonds is 7. The topological polar surface area (TPSA) is 84.2 Å². The van der Waals surface area contributed by atoms with Crippen LogP contribution in [-0.2, 0) is 16.6 Å². The van der Waals surface area contributed by atoms with Gasteiger partial charge in [0.05, 0.1) is 17.5 Å². The Morgan fingerprint density at radius 2 is 2.24 bits per heavy atom. The Morgan fingerprint density at radius 1 is 1.53 bits per heavy atom. The fourth-order valence-corrected chi connectivity index (χ4v) is 2.25. The zero-order valence-electron chi connectivity index (χ0n) is 10.4. The SMILES string of the molecule is CCNCC(C)S(=O)(=O)NCc1cc(C)on1. The molecule has 17 heavy (non-hydrogen) atoms. The zero-order chi connectivity index (χ0) is 12.9. The van der Waals surface area contributed by atoms with Gasteiger partial charge in [-0.15, -0.1) is 0 Å². The first-order chi connectivity index (χ1) is 7.95. The Kier molecular flexibility index (Phi) is 5.10. The van der Waals surface area contributed by atoms with Crippen molar-refractivity contribution in [2.75, 3.05) is 13.1 Å². The molecule has 1 unspecified atom stereocenters. The Bertz CT molecular complexity index is 441. The number of hydrogen-bond acceptors (Lipinski definition) is 5. The molecule has 98 valence electrons. The van der Waals surface area contributed by atoms with Crippen LogP contribution in [0.2, 0.25) is 0 Å². The molecule has 0 aliphatic carbocycles. The largest absolute Gasteiger partial charge is 0.361 e. The van der Waals surface area contributed by atoms with Gasteiger partial charge in [0.15, 0.2) is 0 Å². The Morgan fingerprint density at radius 3 is 2.76 bits per heavy atom. The molecule has 1 heterocycles. The van der Waals surface area contributed by atoms with Gasteiger partial charge in [0.1, 0.15) is 5.76 Å². The van der Waals surface area contributed by atoms with E-state index in [1.165, 1.54) is 0 Å². The summed E-state index contributed by atoms with van der Waals surface area (Å²) in [5, 5.41) is 6.25. The Hall–Kier alpha value is -0.920. The maximum atomic E-state index is 11.8. The van der Waals surface area contributed by atoms with E-state index in [9.17, 15) is 8.42 Å². The number of nitrogens with zero attached hydrogens (tertiary/aromatic N) is 1. The summed E-state index contributed by atoms with van der Waals surface area (Å²) in [5.74, 6) is 0.667. The van der Waals surface area contributed by atoms with E-state index in [2.05, 4.69) is 15.2 Å². The van der Waals surface area contributed by atoms with Crippen molar-refractivity contribution < 1.29 is 12.9 Å². The van der Waals surface area contributed by atoms with Gasteiger partial charge in [0.2, 0.25) is 10.0 Å². The van der Waals surface area contributed by atoms with Crippen molar-refractivity contribution in [2.45, 2.75) is 32.6 Å². The summed E-state index contributed by atoms with van der Waals surface area (Å²) in [6, 6.07) is 1.71. The van der Waals surface area contributed by atoms with Crippen molar-refractivity contribution in [1.82, 2.24) is 15.2 Å². The molecule has 0 aliphatic rings. The number of aromatic nitrogens is 1. The van der Waals surface area contributed by atoms with Gasteiger partial charge in [-0.3, -0.25) is 0 Å². The molecule has 1 aromatic rings. The van der Waals surface area contributed by atoms with E-state index in [0.717, 1.165) is 6.54 Å². The van der Waals surface area contributed by atoms with Crippen LogP contribution >= 0.6 is 0 Å². The summed E-state index contributed by atoms with van der Waals surface area (Å²) >= 11 is 0. The lowest BCUT2D eigenvalue weighted by Crippen LogP contribution is -2.38. The third-order valence-electron chi connectivity index (χ3n) is 2.34. The summed E-state index contributed by atoms with van der Waals surface area (Å²) in [7, 11) is -3.32. The summed E-state index contributed by atoms with van der Waals surface area (Å²) in [6.45, 7) is 6.71. The van der Waals surface area contributed by atoms with Gasteiger partial charge in [0, 0.05) is 12.6 Å². The summed E-state index contributed by atoms with van der Waals surface area (Å²) in [5.41, 5.74) is 0.585. The molecule has 0 radical (unpaired) electrons. The van der Waals surface area contributed by atoms with E-state index in [0.29, 0.717) is 18.0 Å². The molecule has 7 heteroatoms. The minimum atomic E-state index is -3.32. The lowest BCUT2D eigenvalue weighted by molar-refractivity contribution is 0.390. The van der Waals surface area contributed by atoms with Crippen LogP contribution < -0.4 is 10.0 Å². The van der Waals surface area contributed by atoms with E-state index in [-0.39, 0.29) is 6.54 Å². The second kappa shape index (κ2) is 6.13. The summed E-state index contributed by atoms with van der Waals surface area (Å²) in [6.07, 6.45) is 0. The van der Waals surface area contributed by atoms with Gasteiger partial charge < -0.3 is 9.84 Å². The fraction of sp³-hybridized carbons (Fsp3) is 0.700. The number of sulfonamides is 1. The minimum Gasteiger partial charge on any atom is -0.361 e. The Balaban J connectivity index is 2.49. The average molecular weight is 261 g/mol. The molecule has 0 bridgehead atoms. The molecule has 2 N–H and O–H groups in total.